The van der Waals surface area contributed by atoms with Crippen LogP contribution in [0.3, 0.4) is 0 Å². The molecule has 4 rings (SSSR count). The van der Waals surface area contributed by atoms with Crippen molar-refractivity contribution in [2.45, 2.75) is 12.5 Å². The van der Waals surface area contributed by atoms with Crippen LogP contribution < -0.4 is 10.6 Å². The molecule has 2 N–H and O–H groups in total. The van der Waals surface area contributed by atoms with E-state index in [0.717, 1.165) is 28.9 Å². The molecule has 2 heterocycles. The fraction of sp³-hybridized carbons (Fsp3) is 0.133. The molecule has 3 heteroatoms. The van der Waals surface area contributed by atoms with Gasteiger partial charge in [0, 0.05) is 16.9 Å². The molecule has 0 saturated carbocycles. The lowest BCUT2D eigenvalue weighted by atomic mass is 10.0. The molecule has 0 aromatic heterocycles. The third-order valence-electron chi connectivity index (χ3n) is 3.86. The number of rotatable bonds is 0. The Morgan fingerprint density at radius 1 is 1.17 bits per heavy atom. The van der Waals surface area contributed by atoms with Gasteiger partial charge in [0.15, 0.2) is 0 Å². The first-order chi connectivity index (χ1) is 8.75. The fourth-order valence-corrected chi connectivity index (χ4v) is 3.08. The Hall–Kier alpha value is -2.29. The van der Waals surface area contributed by atoms with E-state index in [4.69, 9.17) is 5.73 Å². The monoisotopic (exact) mass is 236 g/mol. The standard InChI is InChI=1S/C15H12N2O/c16-10-5-6-13-9(7-10)8-14-11-3-1-2-4-12(11)15(18)17(13)14/h1-7,14H,8,16H2. The summed E-state index contributed by atoms with van der Waals surface area (Å²) in [6.07, 6.45) is 0.864. The minimum atomic E-state index is 0.110. The zero-order chi connectivity index (χ0) is 12.3. The normalized spacial score (nSPS) is 19.7. The average molecular weight is 236 g/mol. The third kappa shape index (κ3) is 1.06. The molecule has 0 aliphatic carbocycles. The predicted octanol–water partition coefficient (Wildman–Crippen LogP) is 2.53. The van der Waals surface area contributed by atoms with Gasteiger partial charge in [-0.05, 0) is 41.8 Å². The highest BCUT2D eigenvalue weighted by Gasteiger charge is 2.42. The van der Waals surface area contributed by atoms with Crippen molar-refractivity contribution in [1.29, 1.82) is 0 Å². The van der Waals surface area contributed by atoms with Crippen LogP contribution in [0.25, 0.3) is 0 Å². The third-order valence-corrected chi connectivity index (χ3v) is 3.86. The van der Waals surface area contributed by atoms with E-state index in [1.807, 2.05) is 47.4 Å². The molecule has 2 aliphatic rings. The van der Waals surface area contributed by atoms with Crippen LogP contribution in [0.4, 0.5) is 11.4 Å². The Morgan fingerprint density at radius 3 is 2.89 bits per heavy atom. The fourth-order valence-electron chi connectivity index (χ4n) is 3.08. The number of benzene rings is 2. The van der Waals surface area contributed by atoms with Crippen molar-refractivity contribution in [2.75, 3.05) is 10.6 Å². The molecule has 0 saturated heterocycles. The van der Waals surface area contributed by atoms with Crippen molar-refractivity contribution in [1.82, 2.24) is 0 Å². The van der Waals surface area contributed by atoms with Crippen LogP contribution >= 0.6 is 0 Å². The highest BCUT2D eigenvalue weighted by atomic mass is 16.2. The second kappa shape index (κ2) is 3.13. The van der Waals surface area contributed by atoms with Crippen LogP contribution in [-0.2, 0) is 6.42 Å². The maximum atomic E-state index is 12.4. The van der Waals surface area contributed by atoms with Crippen molar-refractivity contribution in [2.24, 2.45) is 0 Å². The molecular weight excluding hydrogens is 224 g/mol. The molecular formula is C15H12N2O. The van der Waals surface area contributed by atoms with E-state index in [2.05, 4.69) is 0 Å². The number of hydrogen-bond donors (Lipinski definition) is 1. The van der Waals surface area contributed by atoms with Crippen LogP contribution in [0, 0.1) is 0 Å². The van der Waals surface area contributed by atoms with Crippen LogP contribution in [0.15, 0.2) is 42.5 Å². The van der Waals surface area contributed by atoms with Gasteiger partial charge >= 0.3 is 0 Å². The Kier molecular flexibility index (Phi) is 1.69. The van der Waals surface area contributed by atoms with E-state index < -0.39 is 0 Å². The van der Waals surface area contributed by atoms with Crippen molar-refractivity contribution >= 4 is 17.3 Å². The second-order valence-electron chi connectivity index (χ2n) is 4.87. The topological polar surface area (TPSA) is 46.3 Å². The maximum Gasteiger partial charge on any atom is 0.259 e. The van der Waals surface area contributed by atoms with Crippen molar-refractivity contribution in [3.05, 3.63) is 59.2 Å². The van der Waals surface area contributed by atoms with Crippen molar-refractivity contribution < 1.29 is 4.79 Å². The largest absolute Gasteiger partial charge is 0.399 e. The van der Waals surface area contributed by atoms with E-state index in [1.54, 1.807) is 0 Å². The molecule has 18 heavy (non-hydrogen) atoms. The minimum absolute atomic E-state index is 0.110. The van der Waals surface area contributed by atoms with Crippen molar-refractivity contribution in [3.63, 3.8) is 0 Å². The first-order valence-corrected chi connectivity index (χ1v) is 6.06. The lowest BCUT2D eigenvalue weighted by molar-refractivity contribution is 0.0993. The molecule has 1 unspecified atom stereocenters. The maximum absolute atomic E-state index is 12.4. The summed E-state index contributed by atoms with van der Waals surface area (Å²) in [7, 11) is 0. The summed E-state index contributed by atoms with van der Waals surface area (Å²) in [5, 5.41) is 0. The molecule has 0 bridgehead atoms. The summed E-state index contributed by atoms with van der Waals surface area (Å²) in [6, 6.07) is 13.8. The summed E-state index contributed by atoms with van der Waals surface area (Å²) in [4.78, 5) is 14.3. The lowest BCUT2D eigenvalue weighted by Crippen LogP contribution is -2.23. The van der Waals surface area contributed by atoms with E-state index in [0.29, 0.717) is 0 Å². The van der Waals surface area contributed by atoms with Gasteiger partial charge in [0.05, 0.1) is 6.04 Å². The van der Waals surface area contributed by atoms with E-state index in [9.17, 15) is 4.79 Å². The number of fused-ring (bicyclic) bond motifs is 5. The second-order valence-corrected chi connectivity index (χ2v) is 4.87. The number of amides is 1. The summed E-state index contributed by atoms with van der Waals surface area (Å²) in [5.74, 6) is 0.110. The molecule has 0 radical (unpaired) electrons. The molecule has 1 amide bonds. The number of nitrogen functional groups attached to an aromatic ring is 1. The summed E-state index contributed by atoms with van der Waals surface area (Å²) in [6.45, 7) is 0. The Bertz CT molecular complexity index is 678. The lowest BCUT2D eigenvalue weighted by Gasteiger charge is -2.16. The Balaban J connectivity index is 1.91. The average Bonchev–Trinajstić information content (AvgIpc) is 2.87. The number of anilines is 2. The number of nitrogens with zero attached hydrogens (tertiary/aromatic N) is 1. The van der Waals surface area contributed by atoms with Crippen molar-refractivity contribution in [3.8, 4) is 0 Å². The number of nitrogens with two attached hydrogens (primary N) is 1. The molecule has 3 nitrogen and oxygen atoms in total. The van der Waals surface area contributed by atoms with Crippen LogP contribution in [0.1, 0.15) is 27.5 Å². The van der Waals surface area contributed by atoms with Gasteiger partial charge in [0.25, 0.3) is 5.91 Å². The summed E-state index contributed by atoms with van der Waals surface area (Å²) < 4.78 is 0. The van der Waals surface area contributed by atoms with Gasteiger partial charge in [-0.2, -0.15) is 0 Å². The number of carbonyl (C=O) groups excluding carboxylic acids is 1. The van der Waals surface area contributed by atoms with Gasteiger partial charge in [-0.1, -0.05) is 18.2 Å². The molecule has 2 aliphatic heterocycles. The van der Waals surface area contributed by atoms with Crippen LogP contribution in [0.2, 0.25) is 0 Å². The molecule has 1 atom stereocenters. The van der Waals surface area contributed by atoms with Gasteiger partial charge in [-0.3, -0.25) is 4.79 Å². The number of hydrogen-bond acceptors (Lipinski definition) is 2. The molecule has 88 valence electrons. The van der Waals surface area contributed by atoms with Gasteiger partial charge < -0.3 is 10.6 Å². The molecule has 0 spiro atoms. The highest BCUT2D eigenvalue weighted by molar-refractivity contribution is 6.12. The first-order valence-electron chi connectivity index (χ1n) is 6.06. The van der Waals surface area contributed by atoms with Gasteiger partial charge in [-0.15, -0.1) is 0 Å². The van der Waals surface area contributed by atoms with E-state index in [-0.39, 0.29) is 11.9 Å². The molecule has 2 aromatic carbocycles. The zero-order valence-corrected chi connectivity index (χ0v) is 9.76. The predicted molar refractivity (Wildman–Crippen MR) is 70.6 cm³/mol. The summed E-state index contributed by atoms with van der Waals surface area (Å²) in [5.41, 5.74) is 10.7. The number of carbonyl (C=O) groups is 1. The Labute approximate surface area is 105 Å². The smallest absolute Gasteiger partial charge is 0.259 e. The quantitative estimate of drug-likeness (QED) is 0.714. The Morgan fingerprint density at radius 2 is 2.00 bits per heavy atom. The molecule has 0 fully saturated rings. The van der Waals surface area contributed by atoms with Gasteiger partial charge in [-0.25, -0.2) is 0 Å². The van der Waals surface area contributed by atoms with Crippen LogP contribution in [-0.4, -0.2) is 5.91 Å². The summed E-state index contributed by atoms with van der Waals surface area (Å²) >= 11 is 0. The van der Waals surface area contributed by atoms with E-state index >= 15 is 0 Å². The first kappa shape index (κ1) is 9.71. The molecule has 2 aromatic rings. The SMILES string of the molecule is Nc1ccc2c(c1)CC1c3ccccc3C(=O)N21. The minimum Gasteiger partial charge on any atom is -0.399 e. The van der Waals surface area contributed by atoms with Gasteiger partial charge in [0.2, 0.25) is 0 Å². The van der Waals surface area contributed by atoms with Crippen LogP contribution in [0.5, 0.6) is 0 Å². The zero-order valence-electron chi connectivity index (χ0n) is 9.76. The van der Waals surface area contributed by atoms with E-state index in [1.165, 1.54) is 5.56 Å². The van der Waals surface area contributed by atoms with Gasteiger partial charge in [0.1, 0.15) is 0 Å². The highest BCUT2D eigenvalue weighted by Crippen LogP contribution is 2.46.